The second-order valence-corrected chi connectivity index (χ2v) is 3.79. The minimum absolute atomic E-state index is 0.622. The number of likely N-dealkylation sites (N-methyl/N-ethyl adjacent to an activating group) is 1. The van der Waals surface area contributed by atoms with Crippen molar-refractivity contribution in [1.82, 2.24) is 5.32 Å². The van der Waals surface area contributed by atoms with Crippen LogP contribution in [0.3, 0.4) is 0 Å². The lowest BCUT2D eigenvalue weighted by atomic mass is 10.1. The SMILES string of the molecule is CCOc1cc(OC)c(Cl)cc1CCNC. The van der Waals surface area contributed by atoms with Crippen molar-refractivity contribution in [2.24, 2.45) is 0 Å². The average Bonchev–Trinajstić information content (AvgIpc) is 2.29. The van der Waals surface area contributed by atoms with Gasteiger partial charge < -0.3 is 14.8 Å². The van der Waals surface area contributed by atoms with E-state index in [-0.39, 0.29) is 0 Å². The lowest BCUT2D eigenvalue weighted by Crippen LogP contribution is -2.11. The van der Waals surface area contributed by atoms with Gasteiger partial charge in [0.25, 0.3) is 0 Å². The zero-order valence-electron chi connectivity index (χ0n) is 9.97. The van der Waals surface area contributed by atoms with Crippen LogP contribution >= 0.6 is 11.6 Å². The first-order valence-electron chi connectivity index (χ1n) is 5.36. The maximum absolute atomic E-state index is 6.08. The normalized spacial score (nSPS) is 10.2. The van der Waals surface area contributed by atoms with E-state index in [4.69, 9.17) is 21.1 Å². The highest BCUT2D eigenvalue weighted by molar-refractivity contribution is 6.32. The van der Waals surface area contributed by atoms with Crippen LogP contribution in [0.1, 0.15) is 12.5 Å². The van der Waals surface area contributed by atoms with Crippen LogP contribution in [-0.4, -0.2) is 27.3 Å². The van der Waals surface area contributed by atoms with Crippen molar-refractivity contribution >= 4 is 11.6 Å². The van der Waals surface area contributed by atoms with Crippen LogP contribution in [0.25, 0.3) is 0 Å². The second kappa shape index (κ2) is 6.61. The topological polar surface area (TPSA) is 30.5 Å². The van der Waals surface area contributed by atoms with Crippen molar-refractivity contribution in [2.75, 3.05) is 27.3 Å². The van der Waals surface area contributed by atoms with Crippen LogP contribution in [0, 0.1) is 0 Å². The van der Waals surface area contributed by atoms with Crippen molar-refractivity contribution in [1.29, 1.82) is 0 Å². The number of rotatable bonds is 6. The van der Waals surface area contributed by atoms with Gasteiger partial charge in [-0.25, -0.2) is 0 Å². The molecule has 0 heterocycles. The number of ether oxygens (including phenoxy) is 2. The Kier molecular flexibility index (Phi) is 5.43. The summed E-state index contributed by atoms with van der Waals surface area (Å²) in [6.45, 7) is 3.49. The lowest BCUT2D eigenvalue weighted by molar-refractivity contribution is 0.332. The third kappa shape index (κ3) is 3.29. The third-order valence-corrected chi connectivity index (χ3v) is 2.57. The molecule has 0 aliphatic carbocycles. The predicted octanol–water partition coefficient (Wildman–Crippen LogP) is 2.51. The highest BCUT2D eigenvalue weighted by Crippen LogP contribution is 2.32. The smallest absolute Gasteiger partial charge is 0.141 e. The summed E-state index contributed by atoms with van der Waals surface area (Å²) in [6.07, 6.45) is 0.884. The van der Waals surface area contributed by atoms with E-state index in [0.717, 1.165) is 24.3 Å². The van der Waals surface area contributed by atoms with Crippen LogP contribution in [0.5, 0.6) is 11.5 Å². The molecule has 90 valence electrons. The van der Waals surface area contributed by atoms with Gasteiger partial charge in [-0.3, -0.25) is 0 Å². The molecule has 0 fully saturated rings. The van der Waals surface area contributed by atoms with Gasteiger partial charge in [-0.05, 0) is 38.6 Å². The quantitative estimate of drug-likeness (QED) is 0.833. The van der Waals surface area contributed by atoms with Gasteiger partial charge in [0.15, 0.2) is 0 Å². The first-order valence-corrected chi connectivity index (χ1v) is 5.74. The van der Waals surface area contributed by atoms with Gasteiger partial charge in [0.2, 0.25) is 0 Å². The molecule has 0 unspecified atom stereocenters. The molecule has 0 amide bonds. The summed E-state index contributed by atoms with van der Waals surface area (Å²) in [6, 6.07) is 3.75. The van der Waals surface area contributed by atoms with E-state index in [1.54, 1.807) is 7.11 Å². The second-order valence-electron chi connectivity index (χ2n) is 3.38. The molecule has 0 aliphatic rings. The fourth-order valence-corrected chi connectivity index (χ4v) is 1.74. The molecule has 1 N–H and O–H groups in total. The van der Waals surface area contributed by atoms with Crippen LogP contribution in [0.2, 0.25) is 5.02 Å². The molecule has 0 atom stereocenters. The minimum atomic E-state index is 0.622. The zero-order chi connectivity index (χ0) is 12.0. The van der Waals surface area contributed by atoms with Gasteiger partial charge in [-0.1, -0.05) is 11.6 Å². The number of methoxy groups -OCH3 is 1. The predicted molar refractivity (Wildman–Crippen MR) is 66.8 cm³/mol. The summed E-state index contributed by atoms with van der Waals surface area (Å²) in [5.74, 6) is 1.50. The summed E-state index contributed by atoms with van der Waals surface area (Å²) in [4.78, 5) is 0. The van der Waals surface area contributed by atoms with E-state index in [1.165, 1.54) is 0 Å². The number of hydrogen-bond donors (Lipinski definition) is 1. The Morgan fingerprint density at radius 1 is 1.31 bits per heavy atom. The summed E-state index contributed by atoms with van der Waals surface area (Å²) >= 11 is 6.08. The molecule has 0 saturated carbocycles. The zero-order valence-corrected chi connectivity index (χ0v) is 10.7. The number of benzene rings is 1. The van der Waals surface area contributed by atoms with Crippen molar-refractivity contribution in [3.63, 3.8) is 0 Å². The summed E-state index contributed by atoms with van der Waals surface area (Å²) in [7, 11) is 3.52. The largest absolute Gasteiger partial charge is 0.495 e. The Bertz CT molecular complexity index is 342. The van der Waals surface area contributed by atoms with Gasteiger partial charge in [-0.15, -0.1) is 0 Å². The molecule has 1 rings (SSSR count). The third-order valence-electron chi connectivity index (χ3n) is 2.28. The molecule has 0 aliphatic heterocycles. The molecule has 1 aromatic rings. The standard InChI is InChI=1S/C12H18ClNO2/c1-4-16-11-8-12(15-3)10(13)7-9(11)5-6-14-2/h7-8,14H,4-6H2,1-3H3. The van der Waals surface area contributed by atoms with E-state index in [1.807, 2.05) is 26.1 Å². The highest BCUT2D eigenvalue weighted by Gasteiger charge is 2.09. The first kappa shape index (κ1) is 13.1. The van der Waals surface area contributed by atoms with Crippen molar-refractivity contribution < 1.29 is 9.47 Å². The van der Waals surface area contributed by atoms with Gasteiger partial charge in [0.05, 0.1) is 18.7 Å². The van der Waals surface area contributed by atoms with E-state index in [0.29, 0.717) is 17.4 Å². The molecular formula is C12H18ClNO2. The van der Waals surface area contributed by atoms with Crippen LogP contribution in [0.15, 0.2) is 12.1 Å². The molecule has 1 aromatic carbocycles. The lowest BCUT2D eigenvalue weighted by Gasteiger charge is -2.13. The van der Waals surface area contributed by atoms with Crippen molar-refractivity contribution in [2.45, 2.75) is 13.3 Å². The van der Waals surface area contributed by atoms with Gasteiger partial charge >= 0.3 is 0 Å². The molecular weight excluding hydrogens is 226 g/mol. The summed E-state index contributed by atoms with van der Waals surface area (Å²) < 4.78 is 10.7. The van der Waals surface area contributed by atoms with Crippen LogP contribution in [-0.2, 0) is 6.42 Å². The maximum atomic E-state index is 6.08. The molecule has 0 spiro atoms. The fraction of sp³-hybridized carbons (Fsp3) is 0.500. The minimum Gasteiger partial charge on any atom is -0.495 e. The van der Waals surface area contributed by atoms with E-state index in [9.17, 15) is 0 Å². The Morgan fingerprint density at radius 2 is 2.06 bits per heavy atom. The average molecular weight is 244 g/mol. The highest BCUT2D eigenvalue weighted by atomic mass is 35.5. The van der Waals surface area contributed by atoms with Gasteiger partial charge in [-0.2, -0.15) is 0 Å². The number of halogens is 1. The first-order chi connectivity index (χ1) is 7.72. The maximum Gasteiger partial charge on any atom is 0.141 e. The van der Waals surface area contributed by atoms with Gasteiger partial charge in [0.1, 0.15) is 11.5 Å². The molecule has 0 bridgehead atoms. The molecule has 4 heteroatoms. The van der Waals surface area contributed by atoms with Crippen molar-refractivity contribution in [3.05, 3.63) is 22.7 Å². The molecule has 0 radical (unpaired) electrons. The van der Waals surface area contributed by atoms with E-state index >= 15 is 0 Å². The number of nitrogens with one attached hydrogen (secondary N) is 1. The van der Waals surface area contributed by atoms with Crippen LogP contribution in [0.4, 0.5) is 0 Å². The Hall–Kier alpha value is -0.930. The van der Waals surface area contributed by atoms with Gasteiger partial charge in [0, 0.05) is 6.07 Å². The summed E-state index contributed by atoms with van der Waals surface area (Å²) in [5.41, 5.74) is 1.10. The molecule has 0 saturated heterocycles. The molecule has 0 aromatic heterocycles. The molecule has 3 nitrogen and oxygen atoms in total. The Balaban J connectivity index is 2.98. The molecule has 16 heavy (non-hydrogen) atoms. The monoisotopic (exact) mass is 243 g/mol. The fourth-order valence-electron chi connectivity index (χ4n) is 1.48. The van der Waals surface area contributed by atoms with E-state index < -0.39 is 0 Å². The Morgan fingerprint density at radius 3 is 2.62 bits per heavy atom. The number of hydrogen-bond acceptors (Lipinski definition) is 3. The Labute approximate surface area is 102 Å². The summed E-state index contributed by atoms with van der Waals surface area (Å²) in [5, 5.41) is 3.73. The van der Waals surface area contributed by atoms with Crippen molar-refractivity contribution in [3.8, 4) is 11.5 Å². The van der Waals surface area contributed by atoms with E-state index in [2.05, 4.69) is 5.32 Å². The van der Waals surface area contributed by atoms with Crippen LogP contribution < -0.4 is 14.8 Å².